The minimum absolute atomic E-state index is 0.0470. The number of hydrogen-bond acceptors (Lipinski definition) is 7. The van der Waals surface area contributed by atoms with Crippen LogP contribution in [0.5, 0.6) is 0 Å². The van der Waals surface area contributed by atoms with Gasteiger partial charge in [-0.05, 0) is 43.9 Å². The van der Waals surface area contributed by atoms with Crippen molar-refractivity contribution in [3.05, 3.63) is 78.2 Å². The summed E-state index contributed by atoms with van der Waals surface area (Å²) < 4.78 is 11.5. The molecule has 0 aliphatic carbocycles. The highest BCUT2D eigenvalue weighted by Crippen LogP contribution is 2.21. The molecule has 3 unspecified atom stereocenters. The number of aliphatic hydroxyl groups is 1. The number of nitrogens with one attached hydrogen (secondary N) is 2. The van der Waals surface area contributed by atoms with Crippen LogP contribution in [0.25, 0.3) is 11.1 Å². The van der Waals surface area contributed by atoms with Crippen molar-refractivity contribution < 1.29 is 28.6 Å². The summed E-state index contributed by atoms with van der Waals surface area (Å²) >= 11 is 0. The Morgan fingerprint density at radius 1 is 1.08 bits per heavy atom. The van der Waals surface area contributed by atoms with E-state index in [1.54, 1.807) is 19.1 Å². The highest BCUT2D eigenvalue weighted by atomic mass is 16.5. The Morgan fingerprint density at radius 3 is 2.58 bits per heavy atom. The number of amides is 2. The zero-order chi connectivity index (χ0) is 26.9. The highest BCUT2D eigenvalue weighted by Gasteiger charge is 2.30. The van der Waals surface area contributed by atoms with Crippen LogP contribution in [0, 0.1) is 11.8 Å². The molecule has 2 amide bonds. The van der Waals surface area contributed by atoms with Crippen molar-refractivity contribution in [2.45, 2.75) is 44.7 Å². The van der Waals surface area contributed by atoms with Crippen LogP contribution in [0.4, 0.5) is 0 Å². The number of fused-ring (bicyclic) bond motifs is 1. The van der Waals surface area contributed by atoms with E-state index in [0.717, 1.165) is 11.1 Å². The average Bonchev–Trinajstić information content (AvgIpc) is 3.33. The second-order valence-electron chi connectivity index (χ2n) is 9.59. The van der Waals surface area contributed by atoms with Crippen LogP contribution in [-0.4, -0.2) is 53.2 Å². The molecule has 3 N–H and O–H groups in total. The van der Waals surface area contributed by atoms with Crippen LogP contribution in [0.1, 0.15) is 31.2 Å². The third-order valence-corrected chi connectivity index (χ3v) is 6.45. The Hall–Kier alpha value is -3.98. The molecule has 4 rings (SSSR count). The quantitative estimate of drug-likeness (QED) is 0.249. The van der Waals surface area contributed by atoms with Gasteiger partial charge in [0, 0.05) is 12.5 Å². The van der Waals surface area contributed by atoms with Gasteiger partial charge in [-0.1, -0.05) is 54.6 Å². The van der Waals surface area contributed by atoms with Gasteiger partial charge in [-0.2, -0.15) is 0 Å². The number of benzene rings is 2. The number of ether oxygens (including phenoxy) is 1. The third-order valence-electron chi connectivity index (χ3n) is 6.45. The van der Waals surface area contributed by atoms with Gasteiger partial charge in [-0.25, -0.2) is 4.98 Å². The molecule has 0 fully saturated rings. The Kier molecular flexibility index (Phi) is 9.26. The molecule has 200 valence electrons. The topological polar surface area (TPSA) is 131 Å². The first-order valence-electron chi connectivity index (χ1n) is 12.8. The summed E-state index contributed by atoms with van der Waals surface area (Å²) in [5.74, 6) is -2.44. The lowest BCUT2D eigenvalue weighted by molar-refractivity contribution is -0.150. The van der Waals surface area contributed by atoms with Crippen LogP contribution in [0.2, 0.25) is 0 Å². The average molecular weight is 520 g/mol. The monoisotopic (exact) mass is 519 g/mol. The van der Waals surface area contributed by atoms with E-state index >= 15 is 0 Å². The Balaban J connectivity index is 1.56. The van der Waals surface area contributed by atoms with E-state index in [9.17, 15) is 19.5 Å². The number of nitrogens with zero attached hydrogens (tertiary/aromatic N) is 1. The Morgan fingerprint density at radius 2 is 1.82 bits per heavy atom. The summed E-state index contributed by atoms with van der Waals surface area (Å²) in [4.78, 5) is 43.7. The summed E-state index contributed by atoms with van der Waals surface area (Å²) in [6.45, 7) is 1.38. The summed E-state index contributed by atoms with van der Waals surface area (Å²) in [6.07, 6.45) is 4.68. The minimum Gasteiger partial charge on any atom is -0.463 e. The lowest BCUT2D eigenvalue weighted by atomic mass is 9.97. The molecule has 4 atom stereocenters. The van der Waals surface area contributed by atoms with Crippen LogP contribution in [-0.2, 0) is 32.0 Å². The van der Waals surface area contributed by atoms with E-state index in [1.165, 1.54) is 0 Å². The van der Waals surface area contributed by atoms with Crippen molar-refractivity contribution in [1.29, 1.82) is 0 Å². The lowest BCUT2D eigenvalue weighted by Gasteiger charge is -2.24. The Labute approximate surface area is 221 Å². The number of cyclic esters (lactones) is 1. The largest absolute Gasteiger partial charge is 0.463 e. The van der Waals surface area contributed by atoms with E-state index in [1.807, 2.05) is 54.6 Å². The molecule has 2 aromatic carbocycles. The first kappa shape index (κ1) is 27.1. The number of carbonyl (C=O) groups excluding carboxylic acids is 3. The molecule has 1 aliphatic heterocycles. The van der Waals surface area contributed by atoms with Crippen molar-refractivity contribution in [3.8, 4) is 0 Å². The number of carbonyl (C=O) groups is 3. The summed E-state index contributed by atoms with van der Waals surface area (Å²) in [7, 11) is 0. The van der Waals surface area contributed by atoms with E-state index in [-0.39, 0.29) is 26.1 Å². The van der Waals surface area contributed by atoms with Crippen LogP contribution < -0.4 is 10.6 Å². The van der Waals surface area contributed by atoms with Crippen LogP contribution >= 0.6 is 0 Å². The first-order valence-corrected chi connectivity index (χ1v) is 12.8. The third kappa shape index (κ3) is 7.29. The van der Waals surface area contributed by atoms with Crippen molar-refractivity contribution in [3.63, 3.8) is 0 Å². The molecule has 0 saturated carbocycles. The fourth-order valence-electron chi connectivity index (χ4n) is 4.35. The highest BCUT2D eigenvalue weighted by molar-refractivity contribution is 6.00. The molecule has 1 aromatic heterocycles. The van der Waals surface area contributed by atoms with Crippen LogP contribution in [0.3, 0.4) is 0 Å². The number of oxazole rings is 1. The molecular formula is C29H33N3O6. The number of hydrogen-bond donors (Lipinski definition) is 3. The maximum Gasteiger partial charge on any atom is 0.309 e. The second-order valence-corrected chi connectivity index (χ2v) is 9.59. The summed E-state index contributed by atoms with van der Waals surface area (Å²) in [5, 5.41) is 14.9. The molecule has 38 heavy (non-hydrogen) atoms. The molecule has 1 aliphatic rings. The van der Waals surface area contributed by atoms with E-state index < -0.39 is 41.7 Å². The van der Waals surface area contributed by atoms with Gasteiger partial charge >= 0.3 is 5.97 Å². The maximum absolute atomic E-state index is 13.2. The second kappa shape index (κ2) is 13.0. The predicted octanol–water partition coefficient (Wildman–Crippen LogP) is 2.72. The molecule has 0 radical (unpaired) electrons. The van der Waals surface area contributed by atoms with Gasteiger partial charge in [0.2, 0.25) is 11.8 Å². The number of allylic oxidation sites excluding steroid dienone is 2. The number of para-hydroxylation sites is 2. The number of aliphatic hydroxyl groups excluding tert-OH is 1. The van der Waals surface area contributed by atoms with Crippen molar-refractivity contribution >= 4 is 28.9 Å². The van der Waals surface area contributed by atoms with Gasteiger partial charge in [0.25, 0.3) is 0 Å². The van der Waals surface area contributed by atoms with Crippen molar-refractivity contribution in [2.24, 2.45) is 11.8 Å². The molecule has 0 spiro atoms. The molecule has 3 aromatic rings. The van der Waals surface area contributed by atoms with E-state index in [0.29, 0.717) is 24.3 Å². The molecule has 0 bridgehead atoms. The van der Waals surface area contributed by atoms with Crippen molar-refractivity contribution in [1.82, 2.24) is 15.6 Å². The van der Waals surface area contributed by atoms with Gasteiger partial charge in [0.1, 0.15) is 18.0 Å². The molecular weight excluding hydrogens is 486 g/mol. The molecule has 9 nitrogen and oxygen atoms in total. The number of aromatic nitrogens is 1. The normalized spacial score (nSPS) is 21.6. The minimum atomic E-state index is -0.996. The summed E-state index contributed by atoms with van der Waals surface area (Å²) in [6, 6.07) is 15.9. The van der Waals surface area contributed by atoms with Gasteiger partial charge in [0.05, 0.1) is 18.6 Å². The fraction of sp³-hybridized carbons (Fsp3) is 0.379. The zero-order valence-electron chi connectivity index (χ0n) is 21.3. The molecule has 2 heterocycles. The smallest absolute Gasteiger partial charge is 0.309 e. The van der Waals surface area contributed by atoms with Gasteiger partial charge in [0.15, 0.2) is 11.5 Å². The lowest BCUT2D eigenvalue weighted by Crippen LogP contribution is -2.49. The van der Waals surface area contributed by atoms with E-state index in [4.69, 9.17) is 9.15 Å². The first-order chi connectivity index (χ1) is 18.4. The summed E-state index contributed by atoms with van der Waals surface area (Å²) in [5.41, 5.74) is 2.33. The van der Waals surface area contributed by atoms with Crippen molar-refractivity contribution in [2.75, 3.05) is 13.2 Å². The Bertz CT molecular complexity index is 1240. The predicted molar refractivity (Wildman–Crippen MR) is 141 cm³/mol. The maximum atomic E-state index is 13.2. The van der Waals surface area contributed by atoms with E-state index in [2.05, 4.69) is 15.6 Å². The van der Waals surface area contributed by atoms with Gasteiger partial charge in [-0.3, -0.25) is 14.4 Å². The SMILES string of the molecule is C[C@H](CO)NC(=O)C1CC=CCC(Cc2nc3ccccc3o2)C(=O)OCC(Cc2ccccc2)NC1=O. The van der Waals surface area contributed by atoms with Gasteiger partial charge < -0.3 is 24.9 Å². The standard InChI is InChI=1S/C29H33N3O6/c1-19(17-33)30-27(34)23-12-6-5-11-21(16-26-32-24-13-7-8-14-25(24)38-26)29(36)37-18-22(31-28(23)35)15-20-9-3-2-4-10-20/h2-10,13-14,19,21-23,33H,11-12,15-18H2,1H3,(H,30,34)(H,31,35)/t19-,21?,22?,23?/m1/s1. The number of esters is 1. The molecule has 0 saturated heterocycles. The number of rotatable bonds is 7. The van der Waals surface area contributed by atoms with Gasteiger partial charge in [-0.15, -0.1) is 0 Å². The molecule has 9 heteroatoms. The van der Waals surface area contributed by atoms with Crippen LogP contribution in [0.15, 0.2) is 71.2 Å². The zero-order valence-corrected chi connectivity index (χ0v) is 21.3. The fourth-order valence-corrected chi connectivity index (χ4v) is 4.35.